The van der Waals surface area contributed by atoms with E-state index in [9.17, 15) is 0 Å². The van der Waals surface area contributed by atoms with Gasteiger partial charge < -0.3 is 9.72 Å². The number of hydrogen-bond donors (Lipinski definition) is 1. The largest absolute Gasteiger partial charge is 0.497 e. The lowest BCUT2D eigenvalue weighted by molar-refractivity contribution is 0.415. The van der Waals surface area contributed by atoms with Crippen molar-refractivity contribution in [1.29, 1.82) is 0 Å². The zero-order chi connectivity index (χ0) is 14.8. The first-order chi connectivity index (χ1) is 10.2. The molecule has 0 aliphatic carbocycles. The number of H-pyrrole nitrogens is 1. The van der Waals surface area contributed by atoms with E-state index in [-0.39, 0.29) is 0 Å². The number of benzene rings is 1. The van der Waals surface area contributed by atoms with Crippen molar-refractivity contribution in [2.75, 3.05) is 7.11 Å². The molecule has 2 heterocycles. The Morgan fingerprint density at radius 3 is 2.38 bits per heavy atom. The molecule has 0 amide bonds. The zero-order valence-corrected chi connectivity index (χ0v) is 12.3. The first kappa shape index (κ1) is 13.4. The molecule has 0 fully saturated rings. The van der Waals surface area contributed by atoms with E-state index in [1.807, 2.05) is 56.3 Å². The van der Waals surface area contributed by atoms with Gasteiger partial charge in [0.15, 0.2) is 0 Å². The van der Waals surface area contributed by atoms with E-state index in [1.54, 1.807) is 7.11 Å². The molecule has 21 heavy (non-hydrogen) atoms. The highest BCUT2D eigenvalue weighted by Crippen LogP contribution is 2.30. The van der Waals surface area contributed by atoms with Crippen LogP contribution >= 0.6 is 0 Å². The molecule has 4 heteroatoms. The monoisotopic (exact) mass is 279 g/mol. The molecular formula is C17H17N3O. The maximum absolute atomic E-state index is 5.20. The Morgan fingerprint density at radius 2 is 1.71 bits per heavy atom. The fourth-order valence-electron chi connectivity index (χ4n) is 2.32. The third kappa shape index (κ3) is 2.65. The fourth-order valence-corrected chi connectivity index (χ4v) is 2.32. The van der Waals surface area contributed by atoms with E-state index in [2.05, 4.69) is 15.0 Å². The second-order valence-electron chi connectivity index (χ2n) is 4.94. The summed E-state index contributed by atoms with van der Waals surface area (Å²) in [7, 11) is 1.66. The van der Waals surface area contributed by atoms with Gasteiger partial charge in [-0.05, 0) is 50.2 Å². The SMILES string of the molecule is COc1ccc(-c2nc(C)[nH]c2-c2cccc(C)n2)cc1. The molecule has 0 aliphatic rings. The van der Waals surface area contributed by atoms with E-state index in [4.69, 9.17) is 4.74 Å². The van der Waals surface area contributed by atoms with Crippen LogP contribution in [0.3, 0.4) is 0 Å². The zero-order valence-electron chi connectivity index (χ0n) is 12.3. The fraction of sp³-hybridized carbons (Fsp3) is 0.176. The molecule has 3 aromatic rings. The molecular weight excluding hydrogens is 262 g/mol. The number of methoxy groups -OCH3 is 1. The van der Waals surface area contributed by atoms with E-state index in [0.29, 0.717) is 0 Å². The number of aryl methyl sites for hydroxylation is 2. The number of ether oxygens (including phenoxy) is 1. The second kappa shape index (κ2) is 5.40. The van der Waals surface area contributed by atoms with Crippen molar-refractivity contribution in [2.45, 2.75) is 13.8 Å². The highest BCUT2D eigenvalue weighted by Gasteiger charge is 2.13. The van der Waals surface area contributed by atoms with Crippen molar-refractivity contribution in [3.05, 3.63) is 54.0 Å². The summed E-state index contributed by atoms with van der Waals surface area (Å²) in [5.74, 6) is 1.71. The standard InChI is InChI=1S/C17H17N3O/c1-11-5-4-6-15(18-11)17-16(19-12(2)20-17)13-7-9-14(21-3)10-8-13/h4-10H,1-3H3,(H,19,20). The van der Waals surface area contributed by atoms with Gasteiger partial charge in [-0.15, -0.1) is 0 Å². The highest BCUT2D eigenvalue weighted by atomic mass is 16.5. The average molecular weight is 279 g/mol. The first-order valence-electron chi connectivity index (χ1n) is 6.82. The van der Waals surface area contributed by atoms with Gasteiger partial charge in [-0.3, -0.25) is 4.98 Å². The Hall–Kier alpha value is -2.62. The Labute approximate surface area is 123 Å². The summed E-state index contributed by atoms with van der Waals surface area (Å²) in [5, 5.41) is 0. The molecule has 0 unspecified atom stereocenters. The number of imidazole rings is 1. The predicted molar refractivity (Wildman–Crippen MR) is 83.3 cm³/mol. The third-order valence-electron chi connectivity index (χ3n) is 3.33. The lowest BCUT2D eigenvalue weighted by Gasteiger charge is -2.05. The van der Waals surface area contributed by atoms with Crippen LogP contribution in [-0.4, -0.2) is 22.1 Å². The summed E-state index contributed by atoms with van der Waals surface area (Å²) < 4.78 is 5.20. The Morgan fingerprint density at radius 1 is 0.952 bits per heavy atom. The molecule has 0 saturated carbocycles. The van der Waals surface area contributed by atoms with Crippen molar-refractivity contribution < 1.29 is 4.74 Å². The molecule has 1 aromatic carbocycles. The smallest absolute Gasteiger partial charge is 0.118 e. The van der Waals surface area contributed by atoms with Crippen molar-refractivity contribution in [1.82, 2.24) is 15.0 Å². The molecule has 0 radical (unpaired) electrons. The highest BCUT2D eigenvalue weighted by molar-refractivity contribution is 5.77. The number of aromatic amines is 1. The van der Waals surface area contributed by atoms with Crippen molar-refractivity contribution >= 4 is 0 Å². The lowest BCUT2D eigenvalue weighted by atomic mass is 10.1. The summed E-state index contributed by atoms with van der Waals surface area (Å²) >= 11 is 0. The van der Waals surface area contributed by atoms with Gasteiger partial charge in [-0.2, -0.15) is 0 Å². The lowest BCUT2D eigenvalue weighted by Crippen LogP contribution is -1.89. The van der Waals surface area contributed by atoms with Crippen LogP contribution in [0.5, 0.6) is 5.75 Å². The van der Waals surface area contributed by atoms with Gasteiger partial charge in [0.2, 0.25) is 0 Å². The van der Waals surface area contributed by atoms with Gasteiger partial charge in [-0.1, -0.05) is 6.07 Å². The number of rotatable bonds is 3. The Bertz CT molecular complexity index is 760. The number of aromatic nitrogens is 3. The predicted octanol–water partition coefficient (Wildman–Crippen LogP) is 3.76. The molecule has 1 N–H and O–H groups in total. The number of pyridine rings is 1. The van der Waals surface area contributed by atoms with Crippen LogP contribution < -0.4 is 4.74 Å². The molecule has 3 rings (SSSR count). The van der Waals surface area contributed by atoms with Crippen molar-refractivity contribution in [3.63, 3.8) is 0 Å². The van der Waals surface area contributed by atoms with Gasteiger partial charge in [0, 0.05) is 11.3 Å². The van der Waals surface area contributed by atoms with Gasteiger partial charge >= 0.3 is 0 Å². The number of nitrogens with one attached hydrogen (secondary N) is 1. The summed E-state index contributed by atoms with van der Waals surface area (Å²) in [6.45, 7) is 3.94. The Kier molecular flexibility index (Phi) is 3.44. The van der Waals surface area contributed by atoms with Gasteiger partial charge in [-0.25, -0.2) is 4.98 Å². The quantitative estimate of drug-likeness (QED) is 0.794. The minimum Gasteiger partial charge on any atom is -0.497 e. The normalized spacial score (nSPS) is 10.6. The van der Waals surface area contributed by atoms with E-state index in [0.717, 1.165) is 39.9 Å². The third-order valence-corrected chi connectivity index (χ3v) is 3.33. The summed E-state index contributed by atoms with van der Waals surface area (Å²) in [6, 6.07) is 13.9. The van der Waals surface area contributed by atoms with Crippen LogP contribution in [0.1, 0.15) is 11.5 Å². The Balaban J connectivity index is 2.10. The minimum atomic E-state index is 0.834. The van der Waals surface area contributed by atoms with Crippen LogP contribution in [0.2, 0.25) is 0 Å². The van der Waals surface area contributed by atoms with Gasteiger partial charge in [0.1, 0.15) is 11.6 Å². The van der Waals surface area contributed by atoms with Crippen molar-refractivity contribution in [2.24, 2.45) is 0 Å². The maximum Gasteiger partial charge on any atom is 0.118 e. The van der Waals surface area contributed by atoms with Crippen molar-refractivity contribution in [3.8, 4) is 28.4 Å². The van der Waals surface area contributed by atoms with Crippen LogP contribution in [0, 0.1) is 13.8 Å². The maximum atomic E-state index is 5.20. The number of hydrogen-bond acceptors (Lipinski definition) is 3. The molecule has 0 spiro atoms. The summed E-state index contributed by atoms with van der Waals surface area (Å²) in [6.07, 6.45) is 0. The first-order valence-corrected chi connectivity index (χ1v) is 6.82. The second-order valence-corrected chi connectivity index (χ2v) is 4.94. The molecule has 4 nitrogen and oxygen atoms in total. The van der Waals surface area contributed by atoms with E-state index >= 15 is 0 Å². The van der Waals surface area contributed by atoms with Crippen LogP contribution in [0.25, 0.3) is 22.6 Å². The van der Waals surface area contributed by atoms with Crippen LogP contribution in [0.4, 0.5) is 0 Å². The molecule has 106 valence electrons. The molecule has 0 bridgehead atoms. The molecule has 0 aliphatic heterocycles. The number of nitrogens with zero attached hydrogens (tertiary/aromatic N) is 2. The minimum absolute atomic E-state index is 0.834. The summed E-state index contributed by atoms with van der Waals surface area (Å²) in [5.41, 5.74) is 4.79. The molecule has 0 atom stereocenters. The van der Waals surface area contributed by atoms with Crippen LogP contribution in [0.15, 0.2) is 42.5 Å². The average Bonchev–Trinajstić information content (AvgIpc) is 2.89. The summed E-state index contributed by atoms with van der Waals surface area (Å²) in [4.78, 5) is 12.5. The van der Waals surface area contributed by atoms with Gasteiger partial charge in [0.25, 0.3) is 0 Å². The van der Waals surface area contributed by atoms with Crippen LogP contribution in [-0.2, 0) is 0 Å². The van der Waals surface area contributed by atoms with E-state index < -0.39 is 0 Å². The topological polar surface area (TPSA) is 50.8 Å². The van der Waals surface area contributed by atoms with Gasteiger partial charge in [0.05, 0.1) is 24.2 Å². The molecule has 2 aromatic heterocycles. The molecule has 0 saturated heterocycles. The van der Waals surface area contributed by atoms with E-state index in [1.165, 1.54) is 0 Å².